The van der Waals surface area contributed by atoms with Crippen LogP contribution in [0.4, 0.5) is 11.4 Å². The number of phenolic OH excluding ortho intramolecular Hbond substituents is 1. The number of aromatic nitrogens is 1. The second-order valence-electron chi connectivity index (χ2n) is 8.19. The molecule has 2 heterocycles. The fourth-order valence-corrected chi connectivity index (χ4v) is 4.30. The summed E-state index contributed by atoms with van der Waals surface area (Å²) >= 11 is 0. The molecule has 1 aliphatic rings. The Morgan fingerprint density at radius 1 is 1.21 bits per heavy atom. The lowest BCUT2D eigenvalue weighted by molar-refractivity contribution is -0.383. The van der Waals surface area contributed by atoms with Gasteiger partial charge in [-0.1, -0.05) is 0 Å². The van der Waals surface area contributed by atoms with Crippen LogP contribution < -0.4 is 9.64 Å². The van der Waals surface area contributed by atoms with E-state index in [2.05, 4.69) is 0 Å². The number of nitro groups is 1. The van der Waals surface area contributed by atoms with Gasteiger partial charge < -0.3 is 28.9 Å². The van der Waals surface area contributed by atoms with E-state index in [-0.39, 0.29) is 16.4 Å². The number of benzene rings is 2. The molecular weight excluding hydrogens is 424 g/mol. The molecule has 33 heavy (non-hydrogen) atoms. The fraction of sp³-hybridized carbons (Fsp3) is 0.333. The van der Waals surface area contributed by atoms with Gasteiger partial charge >= 0.3 is 5.69 Å². The minimum Gasteiger partial charge on any atom is -0.506 e. The zero-order valence-corrected chi connectivity index (χ0v) is 19.2. The Morgan fingerprint density at radius 3 is 2.45 bits per heavy atom. The molecule has 9 nitrogen and oxygen atoms in total. The maximum absolute atomic E-state index is 12.4. The number of hydrogen-bond donors (Lipinski definition) is 1. The summed E-state index contributed by atoms with van der Waals surface area (Å²) in [6.07, 6.45) is 3.52. The van der Waals surface area contributed by atoms with Crippen LogP contribution in [-0.4, -0.2) is 67.0 Å². The standard InChI is InChI=1S/C24H28N4O5/c1-16-15-20(29)23(26-11-13-33-14-12-26)24-21(16)22(28(30)31)19(9-10-25(2)3)27(24)17-5-7-18(32-4)8-6-17/h5-10,15,29H,11-14H2,1-4H3. The van der Waals surface area contributed by atoms with Gasteiger partial charge in [-0.3, -0.25) is 10.1 Å². The van der Waals surface area contributed by atoms with E-state index in [0.29, 0.717) is 59.9 Å². The predicted octanol–water partition coefficient (Wildman–Crippen LogP) is 3.93. The van der Waals surface area contributed by atoms with Crippen LogP contribution in [0.3, 0.4) is 0 Å². The summed E-state index contributed by atoms with van der Waals surface area (Å²) in [6, 6.07) is 8.96. The van der Waals surface area contributed by atoms with E-state index >= 15 is 0 Å². The fourth-order valence-electron chi connectivity index (χ4n) is 4.30. The Kier molecular flexibility index (Phi) is 6.15. The van der Waals surface area contributed by atoms with Gasteiger partial charge in [0.25, 0.3) is 0 Å². The summed E-state index contributed by atoms with van der Waals surface area (Å²) in [7, 11) is 5.31. The highest BCUT2D eigenvalue weighted by Crippen LogP contribution is 2.46. The number of rotatable bonds is 6. The monoisotopic (exact) mass is 452 g/mol. The summed E-state index contributed by atoms with van der Waals surface area (Å²) in [4.78, 5) is 15.9. The molecule has 0 atom stereocenters. The third kappa shape index (κ3) is 4.07. The van der Waals surface area contributed by atoms with Crippen LogP contribution in [0, 0.1) is 17.0 Å². The maximum Gasteiger partial charge on any atom is 0.302 e. The lowest BCUT2D eigenvalue weighted by Crippen LogP contribution is -2.36. The van der Waals surface area contributed by atoms with Crippen molar-refractivity contribution in [2.75, 3.05) is 52.4 Å². The highest BCUT2D eigenvalue weighted by atomic mass is 16.6. The average molecular weight is 453 g/mol. The zero-order chi connectivity index (χ0) is 23.7. The molecule has 2 aromatic carbocycles. The molecule has 4 rings (SSSR count). The first-order chi connectivity index (χ1) is 15.8. The average Bonchev–Trinajstić information content (AvgIpc) is 3.14. The van der Waals surface area contributed by atoms with E-state index in [1.54, 1.807) is 32.4 Å². The van der Waals surface area contributed by atoms with E-state index < -0.39 is 0 Å². The predicted molar refractivity (Wildman–Crippen MR) is 129 cm³/mol. The quantitative estimate of drug-likeness (QED) is 0.447. The van der Waals surface area contributed by atoms with Crippen LogP contribution in [0.5, 0.6) is 11.5 Å². The molecule has 174 valence electrons. The van der Waals surface area contributed by atoms with Crippen LogP contribution in [0.2, 0.25) is 0 Å². The number of aryl methyl sites for hydroxylation is 1. The summed E-state index contributed by atoms with van der Waals surface area (Å²) in [5.41, 5.74) is 2.97. The number of phenols is 1. The van der Waals surface area contributed by atoms with Crippen molar-refractivity contribution in [3.8, 4) is 17.2 Å². The summed E-state index contributed by atoms with van der Waals surface area (Å²) in [5, 5.41) is 23.9. The summed E-state index contributed by atoms with van der Waals surface area (Å²) < 4.78 is 12.7. The lowest BCUT2D eigenvalue weighted by atomic mass is 10.1. The number of fused-ring (bicyclic) bond motifs is 1. The van der Waals surface area contributed by atoms with E-state index in [0.717, 1.165) is 5.69 Å². The molecule has 0 unspecified atom stereocenters. The van der Waals surface area contributed by atoms with Crippen molar-refractivity contribution in [3.63, 3.8) is 0 Å². The first-order valence-electron chi connectivity index (χ1n) is 10.7. The van der Waals surface area contributed by atoms with E-state index in [9.17, 15) is 15.2 Å². The first kappa shape index (κ1) is 22.5. The number of ether oxygens (including phenoxy) is 2. The Hall–Kier alpha value is -3.72. The van der Waals surface area contributed by atoms with Crippen molar-refractivity contribution in [3.05, 3.63) is 57.9 Å². The Morgan fingerprint density at radius 2 is 1.88 bits per heavy atom. The number of nitrogens with zero attached hydrogens (tertiary/aromatic N) is 4. The van der Waals surface area contributed by atoms with Crippen LogP contribution in [-0.2, 0) is 4.74 Å². The molecule has 0 bridgehead atoms. The van der Waals surface area contributed by atoms with Gasteiger partial charge in [0.1, 0.15) is 22.9 Å². The van der Waals surface area contributed by atoms with E-state index in [1.807, 2.05) is 52.7 Å². The topological polar surface area (TPSA) is 93.2 Å². The molecule has 1 saturated heterocycles. The minimum absolute atomic E-state index is 0.00549. The molecule has 0 radical (unpaired) electrons. The maximum atomic E-state index is 12.4. The van der Waals surface area contributed by atoms with Crippen molar-refractivity contribution in [2.24, 2.45) is 0 Å². The zero-order valence-electron chi connectivity index (χ0n) is 19.2. The van der Waals surface area contributed by atoms with E-state index in [1.165, 1.54) is 0 Å². The molecule has 0 spiro atoms. The van der Waals surface area contributed by atoms with Gasteiger partial charge in [-0.2, -0.15) is 0 Å². The largest absolute Gasteiger partial charge is 0.506 e. The number of anilines is 1. The molecule has 1 aromatic heterocycles. The van der Waals surface area contributed by atoms with Crippen LogP contribution >= 0.6 is 0 Å². The van der Waals surface area contributed by atoms with Gasteiger partial charge in [0.15, 0.2) is 0 Å². The summed E-state index contributed by atoms with van der Waals surface area (Å²) in [6.45, 7) is 3.99. The van der Waals surface area contributed by atoms with Gasteiger partial charge in [-0.25, -0.2) is 0 Å². The molecule has 0 aliphatic carbocycles. The Labute approximate surface area is 192 Å². The smallest absolute Gasteiger partial charge is 0.302 e. The lowest BCUT2D eigenvalue weighted by Gasteiger charge is -2.30. The van der Waals surface area contributed by atoms with Crippen LogP contribution in [0.25, 0.3) is 22.7 Å². The van der Waals surface area contributed by atoms with Gasteiger partial charge in [0, 0.05) is 39.1 Å². The Bertz CT molecular complexity index is 1210. The second-order valence-corrected chi connectivity index (χ2v) is 8.19. The molecule has 1 N–H and O–H groups in total. The van der Waals surface area contributed by atoms with Crippen LogP contribution in [0.15, 0.2) is 36.5 Å². The molecule has 3 aromatic rings. The molecule has 0 amide bonds. The minimum atomic E-state index is -0.342. The SMILES string of the molecule is COc1ccc(-n2c(C=CN(C)C)c([N+](=O)[O-])c3c(C)cc(O)c(N4CCOCC4)c32)cc1. The van der Waals surface area contributed by atoms with E-state index in [4.69, 9.17) is 9.47 Å². The Balaban J connectivity index is 2.16. The van der Waals surface area contributed by atoms with Crippen molar-refractivity contribution in [1.82, 2.24) is 9.47 Å². The van der Waals surface area contributed by atoms with Crippen molar-refractivity contribution in [2.45, 2.75) is 6.92 Å². The number of morpholine rings is 1. The molecule has 9 heteroatoms. The summed E-state index contributed by atoms with van der Waals surface area (Å²) in [5.74, 6) is 0.773. The normalized spacial score (nSPS) is 14.2. The van der Waals surface area contributed by atoms with Gasteiger partial charge in [0.05, 0.1) is 36.1 Å². The molecule has 0 saturated carbocycles. The van der Waals surface area contributed by atoms with Crippen molar-refractivity contribution in [1.29, 1.82) is 0 Å². The first-order valence-corrected chi connectivity index (χ1v) is 10.7. The highest BCUT2D eigenvalue weighted by Gasteiger charge is 2.32. The second kappa shape index (κ2) is 9.03. The number of hydrogen-bond acceptors (Lipinski definition) is 7. The third-order valence-corrected chi connectivity index (χ3v) is 5.77. The third-order valence-electron chi connectivity index (χ3n) is 5.77. The van der Waals surface area contributed by atoms with Gasteiger partial charge in [-0.15, -0.1) is 0 Å². The number of aromatic hydroxyl groups is 1. The molecular formula is C24H28N4O5. The van der Waals surface area contributed by atoms with Crippen molar-refractivity contribution < 1.29 is 19.5 Å². The highest BCUT2D eigenvalue weighted by molar-refractivity contribution is 6.06. The number of methoxy groups -OCH3 is 1. The molecule has 1 aliphatic heterocycles. The van der Waals surface area contributed by atoms with Crippen LogP contribution in [0.1, 0.15) is 11.3 Å². The van der Waals surface area contributed by atoms with Gasteiger partial charge in [-0.05, 0) is 48.9 Å². The van der Waals surface area contributed by atoms with Crippen molar-refractivity contribution >= 4 is 28.4 Å². The van der Waals surface area contributed by atoms with Gasteiger partial charge in [0.2, 0.25) is 0 Å². The molecule has 1 fully saturated rings.